The number of halogens is 3. The number of hydrogen-bond acceptors (Lipinski definition) is 10. The van der Waals surface area contributed by atoms with E-state index in [1.54, 1.807) is 37.7 Å². The normalized spacial score (nSPS) is 24.1. The zero-order valence-electron chi connectivity index (χ0n) is 34.9. The summed E-state index contributed by atoms with van der Waals surface area (Å²) in [6.07, 6.45) is -0.780. The molecule has 3 saturated heterocycles. The van der Waals surface area contributed by atoms with Crippen LogP contribution in [0.3, 0.4) is 0 Å². The van der Waals surface area contributed by atoms with Crippen molar-refractivity contribution in [1.29, 1.82) is 5.26 Å². The third kappa shape index (κ3) is 8.81. The van der Waals surface area contributed by atoms with Gasteiger partial charge in [-0.1, -0.05) is 6.07 Å². The van der Waals surface area contributed by atoms with Gasteiger partial charge in [0.15, 0.2) is 10.9 Å². The van der Waals surface area contributed by atoms with Crippen molar-refractivity contribution < 1.29 is 37.1 Å². The molecule has 4 aliphatic rings. The number of fused-ring (bicyclic) bond motifs is 1. The summed E-state index contributed by atoms with van der Waals surface area (Å²) >= 11 is 5.75. The maximum atomic E-state index is 13.8. The van der Waals surface area contributed by atoms with Gasteiger partial charge in [0.25, 0.3) is 5.91 Å². The number of amides is 5. The SMILES string of the molecule is C[C@@H]1CN(CCCOC2CCC(N3C(=S)N(c4ccc(C#N)c(C(F)(F)F)c4)C(=O)C3(C)C)CC2)C[C@H](C)N1CC(=O)Nc1cccc2c(N3CCC(=O)NC3=O)nn(C)c12. The predicted octanol–water partition coefficient (Wildman–Crippen LogP) is 5.37. The Morgan fingerprint density at radius 3 is 2.44 bits per heavy atom. The molecule has 326 valence electrons. The van der Waals surface area contributed by atoms with Gasteiger partial charge in [-0.05, 0) is 102 Å². The van der Waals surface area contributed by atoms with Gasteiger partial charge in [0.05, 0.1) is 46.7 Å². The Balaban J connectivity index is 0.861. The van der Waals surface area contributed by atoms with Crippen LogP contribution in [0.2, 0.25) is 0 Å². The van der Waals surface area contributed by atoms with E-state index in [2.05, 4.69) is 39.4 Å². The van der Waals surface area contributed by atoms with E-state index in [9.17, 15) is 37.6 Å². The summed E-state index contributed by atoms with van der Waals surface area (Å²) < 4.78 is 49.2. The second kappa shape index (κ2) is 17.3. The van der Waals surface area contributed by atoms with Gasteiger partial charge in [-0.2, -0.15) is 23.5 Å². The van der Waals surface area contributed by atoms with Crippen LogP contribution in [0.1, 0.15) is 77.3 Å². The minimum atomic E-state index is -4.76. The number of para-hydroxylation sites is 1. The second-order valence-electron chi connectivity index (χ2n) is 16.9. The van der Waals surface area contributed by atoms with E-state index in [0.717, 1.165) is 55.9 Å². The molecule has 2 atom stereocenters. The molecule has 19 heteroatoms. The Bertz CT molecular complexity index is 2260. The Labute approximate surface area is 357 Å². The van der Waals surface area contributed by atoms with E-state index in [4.69, 9.17) is 17.0 Å². The summed E-state index contributed by atoms with van der Waals surface area (Å²) in [6, 6.07) is 9.90. The predicted molar refractivity (Wildman–Crippen MR) is 226 cm³/mol. The highest BCUT2D eigenvalue weighted by molar-refractivity contribution is 7.80. The Hall–Kier alpha value is -5.16. The molecule has 0 spiro atoms. The molecule has 4 heterocycles. The van der Waals surface area contributed by atoms with E-state index in [-0.39, 0.29) is 66.4 Å². The number of nitriles is 1. The van der Waals surface area contributed by atoms with Gasteiger partial charge in [-0.25, -0.2) is 4.79 Å². The first-order valence-corrected chi connectivity index (χ1v) is 21.1. The molecule has 0 unspecified atom stereocenters. The number of aromatic nitrogens is 2. The quantitative estimate of drug-likeness (QED) is 0.189. The number of nitrogens with zero attached hydrogens (tertiary/aromatic N) is 8. The highest BCUT2D eigenvalue weighted by Crippen LogP contribution is 2.41. The van der Waals surface area contributed by atoms with E-state index >= 15 is 0 Å². The number of benzene rings is 2. The molecule has 3 aromatic rings. The van der Waals surface area contributed by atoms with Crippen LogP contribution in [0.15, 0.2) is 36.4 Å². The number of ether oxygens (including phenoxy) is 1. The first kappa shape index (κ1) is 43.9. The second-order valence-corrected chi connectivity index (χ2v) is 17.3. The van der Waals surface area contributed by atoms with Crippen molar-refractivity contribution in [2.75, 3.05) is 54.4 Å². The average Bonchev–Trinajstić information content (AvgIpc) is 3.62. The first-order chi connectivity index (χ1) is 28.9. The number of carbonyl (C=O) groups excluding carboxylic acids is 4. The summed E-state index contributed by atoms with van der Waals surface area (Å²) in [6.45, 7) is 11.2. The summed E-state index contributed by atoms with van der Waals surface area (Å²) in [4.78, 5) is 60.4. The van der Waals surface area contributed by atoms with Crippen LogP contribution < -0.4 is 20.4 Å². The number of thiocarbonyl (C=S) groups is 1. The molecule has 0 radical (unpaired) electrons. The number of aryl methyl sites for hydroxylation is 1. The zero-order chi connectivity index (χ0) is 44.0. The minimum absolute atomic E-state index is 0.0113. The molecule has 3 aliphatic heterocycles. The lowest BCUT2D eigenvalue weighted by molar-refractivity contribution is -0.137. The highest BCUT2D eigenvalue weighted by Gasteiger charge is 2.52. The van der Waals surface area contributed by atoms with Crippen LogP contribution >= 0.6 is 12.2 Å². The number of anilines is 3. The fourth-order valence-corrected chi connectivity index (χ4v) is 9.93. The van der Waals surface area contributed by atoms with Crippen LogP contribution in [0.4, 0.5) is 35.2 Å². The third-order valence-corrected chi connectivity index (χ3v) is 12.7. The maximum Gasteiger partial charge on any atom is 0.417 e. The fraction of sp³-hybridized carbons (Fsp3) is 0.548. The van der Waals surface area contributed by atoms with Gasteiger partial charge >= 0.3 is 12.2 Å². The van der Waals surface area contributed by atoms with Crippen LogP contribution in [0, 0.1) is 11.3 Å². The Morgan fingerprint density at radius 2 is 1.79 bits per heavy atom. The van der Waals surface area contributed by atoms with Crippen molar-refractivity contribution in [1.82, 2.24) is 29.8 Å². The molecule has 2 N–H and O–H groups in total. The van der Waals surface area contributed by atoms with Crippen molar-refractivity contribution in [3.05, 3.63) is 47.5 Å². The number of urea groups is 1. The van der Waals surface area contributed by atoms with E-state index < -0.39 is 34.8 Å². The molecule has 1 aliphatic carbocycles. The standard InChI is InChI=1S/C42H51F3N10O5S/c1-25-22-51(23-26(2)53(25)24-35(57)47-33-9-6-8-31-36(33)50(5)49-37(31)52-18-16-34(56)48-39(52)59)17-7-19-60-30-14-12-28(13-15-30)55-40(61)54(38(58)41(55,3)4)29-11-10-27(21-46)32(20-29)42(43,44)45/h6,8-11,20,25-26,28,30H,7,12-19,22-24H2,1-5H3,(H,47,57)(H,48,56,59)/t25-,26+,28?,30?. The lowest BCUT2D eigenvalue weighted by Crippen LogP contribution is -2.58. The number of imide groups is 1. The smallest absolute Gasteiger partial charge is 0.378 e. The largest absolute Gasteiger partial charge is 0.417 e. The van der Waals surface area contributed by atoms with Crippen molar-refractivity contribution in [3.63, 3.8) is 0 Å². The van der Waals surface area contributed by atoms with Gasteiger partial charge in [-0.15, -0.1) is 0 Å². The summed E-state index contributed by atoms with van der Waals surface area (Å²) in [5, 5.41) is 20.0. The van der Waals surface area contributed by atoms with Crippen LogP contribution in [0.5, 0.6) is 0 Å². The van der Waals surface area contributed by atoms with Crippen molar-refractivity contribution in [2.24, 2.45) is 7.05 Å². The third-order valence-electron chi connectivity index (χ3n) is 12.3. The van der Waals surface area contributed by atoms with E-state index in [1.807, 2.05) is 17.0 Å². The van der Waals surface area contributed by atoms with Gasteiger partial charge < -0.3 is 19.9 Å². The Kier molecular flexibility index (Phi) is 12.5. The number of hydrogen-bond donors (Lipinski definition) is 2. The first-order valence-electron chi connectivity index (χ1n) is 20.6. The summed E-state index contributed by atoms with van der Waals surface area (Å²) in [5.74, 6) is -0.473. The lowest BCUT2D eigenvalue weighted by Gasteiger charge is -2.44. The van der Waals surface area contributed by atoms with E-state index in [1.165, 1.54) is 11.0 Å². The molecule has 0 bridgehead atoms. The molecule has 7 rings (SSSR count). The molecule has 2 aromatic carbocycles. The van der Waals surface area contributed by atoms with Crippen LogP contribution in [0.25, 0.3) is 10.9 Å². The summed E-state index contributed by atoms with van der Waals surface area (Å²) in [7, 11) is 1.75. The van der Waals surface area contributed by atoms with E-state index in [0.29, 0.717) is 41.9 Å². The fourth-order valence-electron chi connectivity index (χ4n) is 9.36. The molecule has 15 nitrogen and oxygen atoms in total. The minimum Gasteiger partial charge on any atom is -0.378 e. The molecule has 5 amide bonds. The molecule has 4 fully saturated rings. The molecular weight excluding hydrogens is 814 g/mol. The molecule has 1 aromatic heterocycles. The number of carbonyl (C=O) groups is 4. The number of piperazine rings is 1. The number of alkyl halides is 3. The van der Waals surface area contributed by atoms with Gasteiger partial charge in [0, 0.05) is 69.8 Å². The van der Waals surface area contributed by atoms with Crippen molar-refractivity contribution in [3.8, 4) is 6.07 Å². The van der Waals surface area contributed by atoms with Crippen LogP contribution in [-0.4, -0.2) is 122 Å². The van der Waals surface area contributed by atoms with Gasteiger partial charge in [-0.3, -0.25) is 39.1 Å². The summed E-state index contributed by atoms with van der Waals surface area (Å²) in [5.41, 5.74) is -1.45. The topological polar surface area (TPSA) is 159 Å². The lowest BCUT2D eigenvalue weighted by atomic mass is 9.89. The highest BCUT2D eigenvalue weighted by atomic mass is 32.1. The van der Waals surface area contributed by atoms with Gasteiger partial charge in [0.2, 0.25) is 11.8 Å². The monoisotopic (exact) mass is 864 g/mol. The maximum absolute atomic E-state index is 13.8. The molecule has 1 saturated carbocycles. The molecular formula is C42H51F3N10O5S. The number of nitrogens with one attached hydrogen (secondary N) is 2. The molecule has 61 heavy (non-hydrogen) atoms. The van der Waals surface area contributed by atoms with Crippen molar-refractivity contribution >= 4 is 69.2 Å². The number of rotatable bonds is 11. The van der Waals surface area contributed by atoms with Gasteiger partial charge in [0.1, 0.15) is 5.54 Å². The zero-order valence-corrected chi connectivity index (χ0v) is 35.7. The average molecular weight is 865 g/mol. The van der Waals surface area contributed by atoms with Crippen LogP contribution in [-0.2, 0) is 32.3 Å². The Morgan fingerprint density at radius 1 is 1.08 bits per heavy atom. The van der Waals surface area contributed by atoms with Crippen molar-refractivity contribution in [2.45, 2.75) is 102 Å².